The first kappa shape index (κ1) is 19.9. The van der Waals surface area contributed by atoms with Gasteiger partial charge in [-0.2, -0.15) is 0 Å². The molecule has 0 bridgehead atoms. The van der Waals surface area contributed by atoms with Crippen LogP contribution in [0.25, 0.3) is 0 Å². The molecule has 0 unspecified atom stereocenters. The predicted molar refractivity (Wildman–Crippen MR) is 93.8 cm³/mol. The Hall–Kier alpha value is -1.19. The maximum absolute atomic E-state index is 12.0. The molecule has 130 valence electrons. The van der Waals surface area contributed by atoms with Gasteiger partial charge in [-0.3, -0.25) is 0 Å². The molecule has 0 heterocycles. The van der Waals surface area contributed by atoms with E-state index in [1.165, 1.54) is 37.1 Å². The molecule has 0 atom stereocenters. The van der Waals surface area contributed by atoms with Crippen molar-refractivity contribution in [3.05, 3.63) is 29.8 Å². The van der Waals surface area contributed by atoms with Gasteiger partial charge in [-0.15, -0.1) is 37.1 Å². The van der Waals surface area contributed by atoms with E-state index in [2.05, 4.69) is 22.0 Å². The average Bonchev–Trinajstić information content (AvgIpc) is 3.23. The second-order valence-electron chi connectivity index (χ2n) is 5.60. The van der Waals surface area contributed by atoms with E-state index in [-0.39, 0.29) is 29.7 Å². The summed E-state index contributed by atoms with van der Waals surface area (Å²) in [6, 6.07) is 5.59. The molecule has 1 aliphatic carbocycles. The first-order valence-corrected chi connectivity index (χ1v) is 7.20. The van der Waals surface area contributed by atoms with Crippen LogP contribution in [0.1, 0.15) is 31.7 Å². The summed E-state index contributed by atoms with van der Waals surface area (Å²) in [6.07, 6.45) is -1.13. The Labute approximate surface area is 150 Å². The van der Waals surface area contributed by atoms with Crippen LogP contribution in [0.3, 0.4) is 0 Å². The topological polar surface area (TPSA) is 59.6 Å². The van der Waals surface area contributed by atoms with Gasteiger partial charge in [0, 0.05) is 6.54 Å². The van der Waals surface area contributed by atoms with Gasteiger partial charge in [0.1, 0.15) is 5.75 Å². The lowest BCUT2D eigenvalue weighted by atomic mass is 10.0. The standard InChI is InChI=1S/C15H20F3N3O.HI/c1-2-14(7-8-14)10-21-13(19)20-9-11-3-5-12(6-4-11)22-15(16,17)18;/h3-6H,2,7-10H2,1H3,(H3,19,20,21);1H. The van der Waals surface area contributed by atoms with Crippen LogP contribution >= 0.6 is 24.0 Å². The summed E-state index contributed by atoms with van der Waals surface area (Å²) in [5.74, 6) is 0.111. The molecule has 1 saturated carbocycles. The van der Waals surface area contributed by atoms with Crippen LogP contribution in [0, 0.1) is 5.41 Å². The molecule has 1 fully saturated rings. The molecular formula is C15H21F3IN3O. The molecule has 1 aliphatic rings. The third kappa shape index (κ3) is 6.84. The summed E-state index contributed by atoms with van der Waals surface area (Å²) < 4.78 is 39.9. The van der Waals surface area contributed by atoms with E-state index in [1.54, 1.807) is 0 Å². The van der Waals surface area contributed by atoms with Gasteiger partial charge in [-0.25, -0.2) is 4.99 Å². The van der Waals surface area contributed by atoms with Crippen molar-refractivity contribution in [3.8, 4) is 5.75 Å². The number of hydrogen-bond acceptors (Lipinski definition) is 2. The second-order valence-corrected chi connectivity index (χ2v) is 5.60. The maximum Gasteiger partial charge on any atom is 0.573 e. The predicted octanol–water partition coefficient (Wildman–Crippen LogP) is 3.80. The number of rotatable bonds is 6. The molecule has 0 saturated heterocycles. The van der Waals surface area contributed by atoms with Crippen molar-refractivity contribution in [1.82, 2.24) is 5.32 Å². The Morgan fingerprint density at radius 3 is 2.39 bits per heavy atom. The Balaban J connectivity index is 0.00000264. The number of guanidine groups is 1. The monoisotopic (exact) mass is 443 g/mol. The SMILES string of the molecule is CCC1(CNC(N)=NCc2ccc(OC(F)(F)F)cc2)CC1.I. The molecule has 0 amide bonds. The Morgan fingerprint density at radius 2 is 1.91 bits per heavy atom. The van der Waals surface area contributed by atoms with Crippen LogP contribution < -0.4 is 15.8 Å². The fraction of sp³-hybridized carbons (Fsp3) is 0.533. The smallest absolute Gasteiger partial charge is 0.406 e. The van der Waals surface area contributed by atoms with E-state index >= 15 is 0 Å². The van der Waals surface area contributed by atoms with Crippen molar-refractivity contribution < 1.29 is 17.9 Å². The van der Waals surface area contributed by atoms with Crippen LogP contribution in [-0.2, 0) is 6.54 Å². The minimum Gasteiger partial charge on any atom is -0.406 e. The minimum absolute atomic E-state index is 0. The highest BCUT2D eigenvalue weighted by atomic mass is 127. The normalized spacial score (nSPS) is 16.4. The lowest BCUT2D eigenvalue weighted by Gasteiger charge is -2.13. The van der Waals surface area contributed by atoms with Crippen LogP contribution in [0.5, 0.6) is 5.75 Å². The number of hydrogen-bond donors (Lipinski definition) is 2. The fourth-order valence-corrected chi connectivity index (χ4v) is 2.14. The Morgan fingerprint density at radius 1 is 1.30 bits per heavy atom. The third-order valence-electron chi connectivity index (χ3n) is 3.94. The summed E-state index contributed by atoms with van der Waals surface area (Å²) in [6.45, 7) is 3.29. The van der Waals surface area contributed by atoms with Gasteiger partial charge < -0.3 is 15.8 Å². The number of aliphatic imine (C=N–C) groups is 1. The highest BCUT2D eigenvalue weighted by Gasteiger charge is 2.40. The van der Waals surface area contributed by atoms with Gasteiger partial charge in [0.2, 0.25) is 0 Å². The van der Waals surface area contributed by atoms with Gasteiger partial charge in [0.05, 0.1) is 6.54 Å². The van der Waals surface area contributed by atoms with Gasteiger partial charge >= 0.3 is 6.36 Å². The molecule has 4 nitrogen and oxygen atoms in total. The number of nitrogens with zero attached hydrogens (tertiary/aromatic N) is 1. The summed E-state index contributed by atoms with van der Waals surface area (Å²) in [5.41, 5.74) is 6.92. The first-order valence-electron chi connectivity index (χ1n) is 7.20. The van der Waals surface area contributed by atoms with Crippen LogP contribution in [0.4, 0.5) is 13.2 Å². The van der Waals surface area contributed by atoms with Crippen molar-refractivity contribution in [2.24, 2.45) is 16.1 Å². The van der Waals surface area contributed by atoms with Gasteiger partial charge in [-0.1, -0.05) is 19.1 Å². The fourth-order valence-electron chi connectivity index (χ4n) is 2.14. The largest absolute Gasteiger partial charge is 0.573 e. The molecule has 3 N–H and O–H groups in total. The Bertz CT molecular complexity index is 528. The van der Waals surface area contributed by atoms with Crippen molar-refractivity contribution >= 4 is 29.9 Å². The molecule has 23 heavy (non-hydrogen) atoms. The van der Waals surface area contributed by atoms with E-state index in [0.717, 1.165) is 18.5 Å². The van der Waals surface area contributed by atoms with Gasteiger partial charge in [0.25, 0.3) is 0 Å². The zero-order valence-corrected chi connectivity index (χ0v) is 15.2. The van der Waals surface area contributed by atoms with Crippen molar-refractivity contribution in [3.63, 3.8) is 0 Å². The minimum atomic E-state index is -4.67. The quantitative estimate of drug-likeness (QED) is 0.400. The van der Waals surface area contributed by atoms with Crippen LogP contribution in [-0.4, -0.2) is 18.9 Å². The molecule has 0 aliphatic heterocycles. The number of benzene rings is 1. The van der Waals surface area contributed by atoms with E-state index in [9.17, 15) is 13.2 Å². The molecule has 2 rings (SSSR count). The molecule has 0 radical (unpaired) electrons. The lowest BCUT2D eigenvalue weighted by Crippen LogP contribution is -2.36. The highest BCUT2D eigenvalue weighted by molar-refractivity contribution is 14.0. The summed E-state index contributed by atoms with van der Waals surface area (Å²) in [4.78, 5) is 4.18. The number of halogens is 4. The molecule has 1 aromatic carbocycles. The maximum atomic E-state index is 12.0. The number of ether oxygens (including phenoxy) is 1. The molecule has 0 aromatic heterocycles. The van der Waals surface area contributed by atoms with Crippen molar-refractivity contribution in [1.29, 1.82) is 0 Å². The zero-order valence-electron chi connectivity index (χ0n) is 12.8. The van der Waals surface area contributed by atoms with Crippen LogP contribution in [0.15, 0.2) is 29.3 Å². The summed E-state index contributed by atoms with van der Waals surface area (Å²) in [5, 5.41) is 3.10. The highest BCUT2D eigenvalue weighted by Crippen LogP contribution is 2.47. The Kier molecular flexibility index (Phi) is 6.97. The zero-order chi connectivity index (χ0) is 16.2. The van der Waals surface area contributed by atoms with Crippen molar-refractivity contribution in [2.75, 3.05) is 6.54 Å². The number of nitrogens with two attached hydrogens (primary N) is 1. The molecular weight excluding hydrogens is 422 g/mol. The van der Waals surface area contributed by atoms with E-state index in [1.807, 2.05) is 0 Å². The number of alkyl halides is 3. The van der Waals surface area contributed by atoms with Gasteiger partial charge in [-0.05, 0) is 42.4 Å². The van der Waals surface area contributed by atoms with Crippen LogP contribution in [0.2, 0.25) is 0 Å². The summed E-state index contributed by atoms with van der Waals surface area (Å²) >= 11 is 0. The van der Waals surface area contributed by atoms with E-state index in [4.69, 9.17) is 5.73 Å². The van der Waals surface area contributed by atoms with E-state index in [0.29, 0.717) is 17.9 Å². The second kappa shape index (κ2) is 8.07. The number of nitrogens with one attached hydrogen (secondary N) is 1. The van der Waals surface area contributed by atoms with E-state index < -0.39 is 6.36 Å². The van der Waals surface area contributed by atoms with Crippen molar-refractivity contribution in [2.45, 2.75) is 39.1 Å². The molecule has 8 heteroatoms. The molecule has 0 spiro atoms. The summed E-state index contributed by atoms with van der Waals surface area (Å²) in [7, 11) is 0. The van der Waals surface area contributed by atoms with Gasteiger partial charge in [0.15, 0.2) is 5.96 Å². The lowest BCUT2D eigenvalue weighted by molar-refractivity contribution is -0.274. The molecule has 1 aromatic rings. The average molecular weight is 443 g/mol. The first-order chi connectivity index (χ1) is 10.3. The third-order valence-corrected chi connectivity index (χ3v) is 3.94.